The first-order chi connectivity index (χ1) is 7.43. The molecular weight excluding hydrogens is 200 g/mol. The third kappa shape index (κ3) is 4.12. The smallest absolute Gasteiger partial charge is 0.237 e. The van der Waals surface area contributed by atoms with Crippen molar-refractivity contribution < 1.29 is 4.79 Å². The van der Waals surface area contributed by atoms with Crippen molar-refractivity contribution in [2.24, 2.45) is 11.7 Å². The third-order valence-corrected chi connectivity index (χ3v) is 3.44. The number of hydrogen-bond acceptors (Lipinski definition) is 2. The van der Waals surface area contributed by atoms with Crippen molar-refractivity contribution in [3.8, 4) is 0 Å². The van der Waals surface area contributed by atoms with E-state index in [4.69, 9.17) is 5.73 Å². The quantitative estimate of drug-likeness (QED) is 0.772. The molecule has 0 aromatic heterocycles. The van der Waals surface area contributed by atoms with Crippen molar-refractivity contribution in [1.29, 1.82) is 0 Å². The summed E-state index contributed by atoms with van der Waals surface area (Å²) in [6.07, 6.45) is 6.68. The Morgan fingerprint density at radius 1 is 1.31 bits per heavy atom. The highest BCUT2D eigenvalue weighted by molar-refractivity contribution is 5.82. The number of hydrogen-bond donors (Lipinski definition) is 2. The molecule has 0 bridgehead atoms. The van der Waals surface area contributed by atoms with Crippen LogP contribution in [-0.4, -0.2) is 17.5 Å². The first-order valence-corrected chi connectivity index (χ1v) is 6.50. The Kier molecular flexibility index (Phi) is 4.78. The van der Waals surface area contributed by atoms with Crippen LogP contribution in [0.25, 0.3) is 0 Å². The van der Waals surface area contributed by atoms with Crippen LogP contribution in [-0.2, 0) is 4.79 Å². The maximum atomic E-state index is 11.9. The molecule has 1 atom stereocenters. The van der Waals surface area contributed by atoms with Crippen LogP contribution in [0.2, 0.25) is 0 Å². The molecule has 1 aliphatic carbocycles. The average Bonchev–Trinajstić information content (AvgIpc) is 2.16. The van der Waals surface area contributed by atoms with Gasteiger partial charge in [-0.25, -0.2) is 0 Å². The van der Waals surface area contributed by atoms with Crippen LogP contribution in [0.4, 0.5) is 0 Å². The van der Waals surface area contributed by atoms with Gasteiger partial charge in [-0.1, -0.05) is 33.1 Å². The Labute approximate surface area is 99.2 Å². The van der Waals surface area contributed by atoms with Crippen molar-refractivity contribution >= 4 is 5.91 Å². The van der Waals surface area contributed by atoms with Gasteiger partial charge >= 0.3 is 0 Å². The van der Waals surface area contributed by atoms with Crippen LogP contribution in [0, 0.1) is 5.92 Å². The minimum absolute atomic E-state index is 0.00999. The van der Waals surface area contributed by atoms with Gasteiger partial charge in [0.2, 0.25) is 5.91 Å². The van der Waals surface area contributed by atoms with E-state index >= 15 is 0 Å². The molecule has 1 saturated carbocycles. The maximum Gasteiger partial charge on any atom is 0.237 e. The molecule has 94 valence electrons. The molecule has 0 aromatic carbocycles. The molecule has 0 heterocycles. The summed E-state index contributed by atoms with van der Waals surface area (Å²) in [6, 6.07) is -0.348. The lowest BCUT2D eigenvalue weighted by molar-refractivity contribution is -0.124. The van der Waals surface area contributed by atoms with Gasteiger partial charge < -0.3 is 11.1 Å². The van der Waals surface area contributed by atoms with E-state index in [0.717, 1.165) is 19.3 Å². The van der Waals surface area contributed by atoms with Crippen molar-refractivity contribution in [3.05, 3.63) is 0 Å². The van der Waals surface area contributed by atoms with Crippen LogP contribution in [0.3, 0.4) is 0 Å². The van der Waals surface area contributed by atoms with E-state index in [1.807, 2.05) is 0 Å². The van der Waals surface area contributed by atoms with Crippen molar-refractivity contribution in [2.75, 3.05) is 0 Å². The molecule has 0 spiro atoms. The molecule has 0 unspecified atom stereocenters. The van der Waals surface area contributed by atoms with Crippen molar-refractivity contribution in [2.45, 2.75) is 70.9 Å². The summed E-state index contributed by atoms with van der Waals surface area (Å²) in [5.41, 5.74) is 5.87. The molecule has 1 fully saturated rings. The first kappa shape index (κ1) is 13.5. The standard InChI is InChI=1S/C13H26N2O/c1-10(2)9-11(14)12(16)15-13(3)7-5-4-6-8-13/h10-11H,4-9,14H2,1-3H3,(H,15,16)/t11-/m1/s1. The zero-order valence-corrected chi connectivity index (χ0v) is 10.9. The van der Waals surface area contributed by atoms with Crippen LogP contribution in [0.15, 0.2) is 0 Å². The summed E-state index contributed by atoms with van der Waals surface area (Å²) in [7, 11) is 0. The Bertz CT molecular complexity index is 232. The number of amides is 1. The van der Waals surface area contributed by atoms with Gasteiger partial charge in [-0.3, -0.25) is 4.79 Å². The number of carbonyl (C=O) groups is 1. The molecule has 0 aliphatic heterocycles. The molecule has 0 radical (unpaired) electrons. The summed E-state index contributed by atoms with van der Waals surface area (Å²) >= 11 is 0. The van der Waals surface area contributed by atoms with E-state index in [9.17, 15) is 4.79 Å². The predicted molar refractivity (Wildman–Crippen MR) is 67.1 cm³/mol. The molecule has 1 aliphatic rings. The number of carbonyl (C=O) groups excluding carboxylic acids is 1. The Morgan fingerprint density at radius 2 is 1.88 bits per heavy atom. The monoisotopic (exact) mass is 226 g/mol. The van der Waals surface area contributed by atoms with Crippen LogP contribution < -0.4 is 11.1 Å². The molecule has 3 N–H and O–H groups in total. The highest BCUT2D eigenvalue weighted by Crippen LogP contribution is 2.27. The van der Waals surface area contributed by atoms with E-state index in [0.29, 0.717) is 5.92 Å². The van der Waals surface area contributed by atoms with E-state index in [1.165, 1.54) is 19.3 Å². The van der Waals surface area contributed by atoms with E-state index < -0.39 is 0 Å². The van der Waals surface area contributed by atoms with E-state index in [1.54, 1.807) is 0 Å². The topological polar surface area (TPSA) is 55.1 Å². The molecule has 0 aromatic rings. The van der Waals surface area contributed by atoms with Crippen LogP contribution in [0.1, 0.15) is 59.3 Å². The molecule has 1 rings (SSSR count). The second-order valence-electron chi connectivity index (χ2n) is 5.85. The number of nitrogens with two attached hydrogens (primary N) is 1. The van der Waals surface area contributed by atoms with Crippen LogP contribution >= 0.6 is 0 Å². The second kappa shape index (κ2) is 5.67. The lowest BCUT2D eigenvalue weighted by Gasteiger charge is -2.35. The van der Waals surface area contributed by atoms with Crippen LogP contribution in [0.5, 0.6) is 0 Å². The minimum Gasteiger partial charge on any atom is -0.350 e. The Balaban J connectivity index is 2.43. The van der Waals surface area contributed by atoms with Gasteiger partial charge in [0.15, 0.2) is 0 Å². The van der Waals surface area contributed by atoms with E-state index in [2.05, 4.69) is 26.1 Å². The molecule has 16 heavy (non-hydrogen) atoms. The largest absolute Gasteiger partial charge is 0.350 e. The summed E-state index contributed by atoms with van der Waals surface area (Å²) < 4.78 is 0. The molecule has 3 nitrogen and oxygen atoms in total. The van der Waals surface area contributed by atoms with Gasteiger partial charge in [0.25, 0.3) is 0 Å². The highest BCUT2D eigenvalue weighted by atomic mass is 16.2. The SMILES string of the molecule is CC(C)C[C@@H](N)C(=O)NC1(C)CCCCC1. The summed E-state index contributed by atoms with van der Waals surface area (Å²) in [5.74, 6) is 0.498. The van der Waals surface area contributed by atoms with Gasteiger partial charge in [0.1, 0.15) is 0 Å². The number of nitrogens with one attached hydrogen (secondary N) is 1. The lowest BCUT2D eigenvalue weighted by atomic mass is 9.83. The summed E-state index contributed by atoms with van der Waals surface area (Å²) in [4.78, 5) is 11.9. The highest BCUT2D eigenvalue weighted by Gasteiger charge is 2.30. The fraction of sp³-hybridized carbons (Fsp3) is 0.923. The summed E-state index contributed by atoms with van der Waals surface area (Å²) in [6.45, 7) is 6.33. The van der Waals surface area contributed by atoms with Crippen molar-refractivity contribution in [1.82, 2.24) is 5.32 Å². The maximum absolute atomic E-state index is 11.9. The average molecular weight is 226 g/mol. The third-order valence-electron chi connectivity index (χ3n) is 3.44. The molecule has 1 amide bonds. The van der Waals surface area contributed by atoms with Gasteiger partial charge in [0.05, 0.1) is 6.04 Å². The van der Waals surface area contributed by atoms with Gasteiger partial charge in [-0.05, 0) is 32.1 Å². The second-order valence-corrected chi connectivity index (χ2v) is 5.85. The van der Waals surface area contributed by atoms with E-state index in [-0.39, 0.29) is 17.5 Å². The Morgan fingerprint density at radius 3 is 2.38 bits per heavy atom. The zero-order valence-electron chi connectivity index (χ0n) is 10.9. The lowest BCUT2D eigenvalue weighted by Crippen LogP contribution is -2.53. The van der Waals surface area contributed by atoms with Gasteiger partial charge in [-0.2, -0.15) is 0 Å². The van der Waals surface area contributed by atoms with Crippen molar-refractivity contribution in [3.63, 3.8) is 0 Å². The predicted octanol–water partition coefficient (Wildman–Crippen LogP) is 2.20. The molecule has 3 heteroatoms. The Hall–Kier alpha value is -0.570. The zero-order chi connectivity index (χ0) is 12.2. The fourth-order valence-electron chi connectivity index (χ4n) is 2.46. The minimum atomic E-state index is -0.348. The van der Waals surface area contributed by atoms with Gasteiger partial charge in [-0.15, -0.1) is 0 Å². The summed E-state index contributed by atoms with van der Waals surface area (Å²) in [5, 5.41) is 3.14. The molecular formula is C13H26N2O. The first-order valence-electron chi connectivity index (χ1n) is 6.50. The normalized spacial score (nSPS) is 21.8. The fourth-order valence-corrected chi connectivity index (χ4v) is 2.46. The van der Waals surface area contributed by atoms with Gasteiger partial charge in [0, 0.05) is 5.54 Å². The number of rotatable bonds is 4. The molecule has 0 saturated heterocycles.